The average molecular weight is 320 g/mol. The van der Waals surface area contributed by atoms with Gasteiger partial charge in [0.2, 0.25) is 5.91 Å². The highest BCUT2D eigenvalue weighted by molar-refractivity contribution is 5.97. The second-order valence-electron chi connectivity index (χ2n) is 6.30. The molecule has 0 aromatic carbocycles. The van der Waals surface area contributed by atoms with Crippen LogP contribution in [0.15, 0.2) is 16.7 Å². The molecule has 1 unspecified atom stereocenters. The van der Waals surface area contributed by atoms with Gasteiger partial charge in [0, 0.05) is 26.2 Å². The van der Waals surface area contributed by atoms with E-state index in [1.165, 1.54) is 6.26 Å². The van der Waals surface area contributed by atoms with Crippen LogP contribution >= 0.6 is 0 Å². The minimum atomic E-state index is -0.153. The van der Waals surface area contributed by atoms with Crippen molar-refractivity contribution in [3.05, 3.63) is 23.7 Å². The van der Waals surface area contributed by atoms with Crippen LogP contribution < -0.4 is 0 Å². The number of carbonyl (C=O) groups is 2. The summed E-state index contributed by atoms with van der Waals surface area (Å²) in [5.41, 5.74) is 0.525. The molecule has 3 rings (SSSR count). The summed E-state index contributed by atoms with van der Waals surface area (Å²) in [4.78, 5) is 28.7. The van der Waals surface area contributed by atoms with Crippen LogP contribution in [0.25, 0.3) is 0 Å². The van der Waals surface area contributed by atoms with Gasteiger partial charge in [0.15, 0.2) is 0 Å². The van der Waals surface area contributed by atoms with E-state index in [1.54, 1.807) is 17.9 Å². The van der Waals surface area contributed by atoms with Crippen molar-refractivity contribution in [2.45, 2.75) is 38.7 Å². The van der Waals surface area contributed by atoms with Gasteiger partial charge in [-0.25, -0.2) is 0 Å². The van der Waals surface area contributed by atoms with Crippen molar-refractivity contribution in [3.63, 3.8) is 0 Å². The maximum absolute atomic E-state index is 12.8. The molecule has 2 aliphatic heterocycles. The summed E-state index contributed by atoms with van der Waals surface area (Å²) in [5.74, 6) is 0.454. The van der Waals surface area contributed by atoms with E-state index in [9.17, 15) is 9.59 Å². The topological polar surface area (TPSA) is 63.0 Å². The van der Waals surface area contributed by atoms with Crippen molar-refractivity contribution in [3.8, 4) is 0 Å². The molecule has 0 bridgehead atoms. The molecule has 2 aliphatic rings. The lowest BCUT2D eigenvalue weighted by Crippen LogP contribution is -2.45. The number of hydrogen-bond acceptors (Lipinski definition) is 4. The minimum Gasteiger partial charge on any atom is -0.469 e. The molecular formula is C17H24N2O4. The summed E-state index contributed by atoms with van der Waals surface area (Å²) in [6.07, 6.45) is 5.58. The number of likely N-dealkylation sites (tertiary alicyclic amines) is 1. The molecule has 3 heterocycles. The molecule has 2 amide bonds. The Balaban J connectivity index is 1.71. The Morgan fingerprint density at radius 1 is 1.30 bits per heavy atom. The molecule has 0 N–H and O–H groups in total. The van der Waals surface area contributed by atoms with E-state index in [0.717, 1.165) is 45.4 Å². The minimum absolute atomic E-state index is 0.0231. The number of nitrogens with zero attached hydrogens (tertiary/aromatic N) is 2. The van der Waals surface area contributed by atoms with Crippen LogP contribution in [-0.4, -0.2) is 60.5 Å². The molecule has 1 aromatic rings. The molecule has 6 heteroatoms. The Labute approximate surface area is 136 Å². The molecule has 0 radical (unpaired) electrons. The molecular weight excluding hydrogens is 296 g/mol. The van der Waals surface area contributed by atoms with Gasteiger partial charge in [0.05, 0.1) is 17.9 Å². The Morgan fingerprint density at radius 2 is 2.09 bits per heavy atom. The molecule has 1 aromatic heterocycles. The fourth-order valence-corrected chi connectivity index (χ4v) is 3.26. The van der Waals surface area contributed by atoms with Crippen molar-refractivity contribution in [1.82, 2.24) is 9.80 Å². The van der Waals surface area contributed by atoms with Crippen LogP contribution in [0.4, 0.5) is 0 Å². The first-order valence-corrected chi connectivity index (χ1v) is 8.38. The molecule has 126 valence electrons. The van der Waals surface area contributed by atoms with Gasteiger partial charge < -0.3 is 19.0 Å². The highest BCUT2D eigenvalue weighted by Gasteiger charge is 2.28. The first-order valence-electron chi connectivity index (χ1n) is 8.38. The molecule has 1 atom stereocenters. The average Bonchev–Trinajstić information content (AvgIpc) is 3.28. The number of rotatable bonds is 5. The standard InChI is InChI=1S/C17H24N2O4/c1-13-15(6-10-22-13)17(21)19(11-14-5-4-9-23-14)12-16(20)18-7-2-3-8-18/h6,10,14H,2-5,7-9,11-12H2,1H3. The Hall–Kier alpha value is -1.82. The molecule has 0 spiro atoms. The number of ether oxygens (including phenoxy) is 1. The van der Waals surface area contributed by atoms with Crippen molar-refractivity contribution < 1.29 is 18.7 Å². The van der Waals surface area contributed by atoms with E-state index in [0.29, 0.717) is 17.9 Å². The molecule has 0 saturated carbocycles. The van der Waals surface area contributed by atoms with Gasteiger partial charge in [0.25, 0.3) is 5.91 Å². The lowest BCUT2D eigenvalue weighted by molar-refractivity contribution is -0.131. The summed E-state index contributed by atoms with van der Waals surface area (Å²) in [5, 5.41) is 0. The Kier molecular flexibility index (Phi) is 5.00. The maximum Gasteiger partial charge on any atom is 0.257 e. The van der Waals surface area contributed by atoms with Gasteiger partial charge in [-0.05, 0) is 38.7 Å². The predicted octanol–water partition coefficient (Wildman–Crippen LogP) is 1.83. The fraction of sp³-hybridized carbons (Fsp3) is 0.647. The second-order valence-corrected chi connectivity index (χ2v) is 6.30. The number of furan rings is 1. The van der Waals surface area contributed by atoms with E-state index in [1.807, 2.05) is 4.90 Å². The Morgan fingerprint density at radius 3 is 2.70 bits per heavy atom. The van der Waals surface area contributed by atoms with Crippen LogP contribution in [0.1, 0.15) is 41.8 Å². The van der Waals surface area contributed by atoms with Crippen molar-refractivity contribution in [2.75, 3.05) is 32.8 Å². The van der Waals surface area contributed by atoms with Crippen molar-refractivity contribution >= 4 is 11.8 Å². The van der Waals surface area contributed by atoms with E-state index in [-0.39, 0.29) is 24.5 Å². The van der Waals surface area contributed by atoms with Gasteiger partial charge in [-0.15, -0.1) is 0 Å². The third-order valence-electron chi connectivity index (χ3n) is 4.61. The summed E-state index contributed by atoms with van der Waals surface area (Å²) in [6, 6.07) is 1.67. The number of aryl methyl sites for hydroxylation is 1. The lowest BCUT2D eigenvalue weighted by atomic mass is 10.2. The highest BCUT2D eigenvalue weighted by atomic mass is 16.5. The zero-order valence-corrected chi connectivity index (χ0v) is 13.6. The van der Waals surface area contributed by atoms with Crippen molar-refractivity contribution in [1.29, 1.82) is 0 Å². The van der Waals surface area contributed by atoms with Gasteiger partial charge in [-0.3, -0.25) is 9.59 Å². The van der Waals surface area contributed by atoms with Crippen LogP contribution in [0.5, 0.6) is 0 Å². The van der Waals surface area contributed by atoms with E-state index < -0.39 is 0 Å². The molecule has 0 aliphatic carbocycles. The molecule has 23 heavy (non-hydrogen) atoms. The molecule has 2 fully saturated rings. The summed E-state index contributed by atoms with van der Waals surface area (Å²) < 4.78 is 10.9. The lowest BCUT2D eigenvalue weighted by Gasteiger charge is -2.27. The molecule has 2 saturated heterocycles. The zero-order chi connectivity index (χ0) is 16.2. The van der Waals surface area contributed by atoms with Gasteiger partial charge in [-0.2, -0.15) is 0 Å². The van der Waals surface area contributed by atoms with Gasteiger partial charge in [0.1, 0.15) is 12.3 Å². The smallest absolute Gasteiger partial charge is 0.257 e. The second kappa shape index (κ2) is 7.17. The van der Waals surface area contributed by atoms with Gasteiger partial charge in [-0.1, -0.05) is 0 Å². The number of amides is 2. The largest absolute Gasteiger partial charge is 0.469 e. The number of carbonyl (C=O) groups excluding carboxylic acids is 2. The van der Waals surface area contributed by atoms with E-state index in [2.05, 4.69) is 0 Å². The van der Waals surface area contributed by atoms with Gasteiger partial charge >= 0.3 is 0 Å². The third kappa shape index (κ3) is 3.75. The predicted molar refractivity (Wildman–Crippen MR) is 84.1 cm³/mol. The van der Waals surface area contributed by atoms with Crippen LogP contribution in [0.3, 0.4) is 0 Å². The van der Waals surface area contributed by atoms with Crippen molar-refractivity contribution in [2.24, 2.45) is 0 Å². The van der Waals surface area contributed by atoms with E-state index >= 15 is 0 Å². The maximum atomic E-state index is 12.8. The monoisotopic (exact) mass is 320 g/mol. The summed E-state index contributed by atoms with van der Waals surface area (Å²) in [7, 11) is 0. The van der Waals surface area contributed by atoms with E-state index in [4.69, 9.17) is 9.15 Å². The molecule has 6 nitrogen and oxygen atoms in total. The number of hydrogen-bond donors (Lipinski definition) is 0. The SMILES string of the molecule is Cc1occc1C(=O)N(CC(=O)N1CCCC1)CC1CCCO1. The quantitative estimate of drug-likeness (QED) is 0.830. The fourth-order valence-electron chi connectivity index (χ4n) is 3.26. The summed E-state index contributed by atoms with van der Waals surface area (Å²) >= 11 is 0. The first-order chi connectivity index (χ1) is 11.1. The first kappa shape index (κ1) is 16.1. The van der Waals surface area contributed by atoms with Crippen LogP contribution in [-0.2, 0) is 9.53 Å². The third-order valence-corrected chi connectivity index (χ3v) is 4.61. The van der Waals surface area contributed by atoms with Crippen LogP contribution in [0.2, 0.25) is 0 Å². The normalized spacial score (nSPS) is 20.9. The summed E-state index contributed by atoms with van der Waals surface area (Å²) in [6.45, 7) is 4.67. The van der Waals surface area contributed by atoms with Crippen LogP contribution in [0, 0.1) is 6.92 Å². The highest BCUT2D eigenvalue weighted by Crippen LogP contribution is 2.18. The zero-order valence-electron chi connectivity index (χ0n) is 13.6. The Bertz CT molecular complexity index is 557.